The minimum atomic E-state index is -1.15. The summed E-state index contributed by atoms with van der Waals surface area (Å²) >= 11 is 6.53. The molecule has 5 aromatic rings. The molecule has 2 amide bonds. The summed E-state index contributed by atoms with van der Waals surface area (Å²) in [4.78, 5) is 38.5. The second-order valence-electron chi connectivity index (χ2n) is 11.2. The highest BCUT2D eigenvalue weighted by Gasteiger charge is 2.16. The first-order valence-corrected chi connectivity index (χ1v) is 15.6. The molecule has 0 aliphatic heterocycles. The number of anilines is 2. The number of carbonyl (C=O) groups is 2. The van der Waals surface area contributed by atoms with E-state index in [1.165, 1.54) is 19.2 Å². The molecule has 0 aliphatic carbocycles. The van der Waals surface area contributed by atoms with Crippen molar-refractivity contribution >= 4 is 45.9 Å². The van der Waals surface area contributed by atoms with E-state index in [-0.39, 0.29) is 45.1 Å². The average Bonchev–Trinajstić information content (AvgIpc) is 3.06. The Morgan fingerprint density at radius 3 is 2.42 bits per heavy atom. The first-order chi connectivity index (χ1) is 23.1. The fourth-order valence-corrected chi connectivity index (χ4v) is 5.76. The molecule has 4 aromatic carbocycles. The van der Waals surface area contributed by atoms with Gasteiger partial charge in [-0.05, 0) is 53.8 Å². The van der Waals surface area contributed by atoms with Gasteiger partial charge in [-0.3, -0.25) is 24.3 Å². The smallest absolute Gasteiger partial charge is 0.409 e. The number of phenols is 1. The van der Waals surface area contributed by atoms with E-state index in [9.17, 15) is 29.7 Å². The fourth-order valence-electron chi connectivity index (χ4n) is 5.52. The molecule has 0 saturated heterocycles. The minimum absolute atomic E-state index is 0. The highest BCUT2D eigenvalue weighted by molar-refractivity contribution is 6.33. The number of carbonyl (C=O) groups excluding carboxylic acids is 1. The van der Waals surface area contributed by atoms with Crippen molar-refractivity contribution < 1.29 is 39.1 Å². The molecule has 5 rings (SSSR count). The van der Waals surface area contributed by atoms with Crippen LogP contribution >= 0.6 is 11.6 Å². The number of rotatable bonds is 13. The van der Waals surface area contributed by atoms with E-state index in [4.69, 9.17) is 16.3 Å². The van der Waals surface area contributed by atoms with Crippen molar-refractivity contribution in [3.05, 3.63) is 117 Å². The largest absolute Gasteiger partial charge is 0.506 e. The van der Waals surface area contributed by atoms with Gasteiger partial charge in [-0.1, -0.05) is 60.1 Å². The van der Waals surface area contributed by atoms with Crippen LogP contribution in [0.25, 0.3) is 22.0 Å². The number of methoxy groups -OCH3 is 1. The van der Waals surface area contributed by atoms with Crippen LogP contribution in [0.3, 0.4) is 0 Å². The van der Waals surface area contributed by atoms with E-state index in [0.717, 1.165) is 16.7 Å². The number of amides is 2. The number of aryl methyl sites for hydroxylation is 1. The Kier molecular flexibility index (Phi) is 13.8. The van der Waals surface area contributed by atoms with Gasteiger partial charge in [-0.15, -0.1) is 0 Å². The summed E-state index contributed by atoms with van der Waals surface area (Å²) in [6, 6.07) is 24.3. The molecule has 0 radical (unpaired) electrons. The molecule has 1 atom stereocenters. The quantitative estimate of drug-likeness (QED) is 0.0704. The molecule has 0 aliphatic rings. The summed E-state index contributed by atoms with van der Waals surface area (Å²) in [6.07, 6.45) is -0.808. The highest BCUT2D eigenvalue weighted by atomic mass is 35.5. The molecule has 11 nitrogen and oxygen atoms in total. The van der Waals surface area contributed by atoms with E-state index >= 15 is 0 Å². The number of halogens is 3. The van der Waals surface area contributed by atoms with Gasteiger partial charge in [0.25, 0.3) is 0 Å². The number of benzene rings is 4. The second kappa shape index (κ2) is 17.8. The number of ether oxygens (including phenoxy) is 1. The zero-order valence-electron chi connectivity index (χ0n) is 26.9. The Morgan fingerprint density at radius 1 is 0.940 bits per heavy atom. The Balaban J connectivity index is 0.00000338. The highest BCUT2D eigenvalue weighted by Crippen LogP contribution is 2.33. The Morgan fingerprint density at radius 2 is 1.70 bits per heavy atom. The van der Waals surface area contributed by atoms with Gasteiger partial charge in [-0.25, -0.2) is 4.79 Å². The van der Waals surface area contributed by atoms with Crippen LogP contribution in [0.4, 0.5) is 25.6 Å². The van der Waals surface area contributed by atoms with Gasteiger partial charge >= 0.3 is 6.09 Å². The zero-order chi connectivity index (χ0) is 34.2. The molecule has 0 bridgehead atoms. The predicted octanol–water partition coefficient (Wildman–Crippen LogP) is 6.74. The summed E-state index contributed by atoms with van der Waals surface area (Å²) in [7, 11) is 1.51. The molecule has 1 aromatic heterocycles. The summed E-state index contributed by atoms with van der Waals surface area (Å²) in [5.41, 5.74) is 4.56. The molecule has 50 heavy (non-hydrogen) atoms. The van der Waals surface area contributed by atoms with Crippen molar-refractivity contribution in [2.24, 2.45) is 0 Å². The standard InChI is InChI=1S/C36H35ClN4O7.2FH/c1-48-32-18-29(27(37)17-23(32)19-38-20-31(43)25-12-14-30(42)35-26(25)13-15-34(45)41-35)39-33(44)9-5-6-21-10-11-24(22-7-3-2-4-8-22)28(16-21)40-36(46)47;;/h2-4,7-8,10-18,31,38,40,42-43H,5-6,9,19-20H2,1H3,(H,39,44)(H,41,45)(H,46,47);2*1H/t31-;;/m0../s1. The lowest BCUT2D eigenvalue weighted by atomic mass is 9.99. The van der Waals surface area contributed by atoms with E-state index in [1.54, 1.807) is 30.3 Å². The number of hydrogen-bond acceptors (Lipinski definition) is 7. The normalized spacial score (nSPS) is 11.2. The van der Waals surface area contributed by atoms with Crippen LogP contribution in [0.15, 0.2) is 89.7 Å². The SMILES string of the molecule is COc1cc(NC(=O)CCCc2ccc(-c3ccccc3)c(NC(=O)O)c2)c(Cl)cc1CNC[C@H](O)c1ccc(O)c2[nH]c(=O)ccc12.F.F. The minimum Gasteiger partial charge on any atom is -0.506 e. The molecular weight excluding hydrogens is 674 g/mol. The third-order valence-electron chi connectivity index (χ3n) is 7.84. The summed E-state index contributed by atoms with van der Waals surface area (Å²) in [5.74, 6) is 0.164. The van der Waals surface area contributed by atoms with Crippen LogP contribution in [0.2, 0.25) is 5.02 Å². The van der Waals surface area contributed by atoms with Crippen molar-refractivity contribution in [1.29, 1.82) is 0 Å². The lowest BCUT2D eigenvalue weighted by Gasteiger charge is -2.17. The number of aliphatic hydroxyl groups excluding tert-OH is 1. The predicted molar refractivity (Wildman–Crippen MR) is 191 cm³/mol. The number of aliphatic hydroxyl groups is 1. The third kappa shape index (κ3) is 9.56. The maximum absolute atomic E-state index is 12.8. The van der Waals surface area contributed by atoms with Crippen LogP contribution in [-0.2, 0) is 17.8 Å². The number of H-pyrrole nitrogens is 1. The molecule has 14 heteroatoms. The summed E-state index contributed by atoms with van der Waals surface area (Å²) in [5, 5.41) is 39.7. The van der Waals surface area contributed by atoms with Gasteiger partial charge in [0, 0.05) is 48.2 Å². The zero-order valence-corrected chi connectivity index (χ0v) is 27.6. The van der Waals surface area contributed by atoms with Crippen molar-refractivity contribution in [3.8, 4) is 22.6 Å². The number of pyridine rings is 1. The van der Waals surface area contributed by atoms with Crippen molar-refractivity contribution in [3.63, 3.8) is 0 Å². The number of aromatic nitrogens is 1. The van der Waals surface area contributed by atoms with Crippen molar-refractivity contribution in [2.45, 2.75) is 31.9 Å². The van der Waals surface area contributed by atoms with Gasteiger partial charge in [0.05, 0.1) is 35.1 Å². The van der Waals surface area contributed by atoms with E-state index in [1.807, 2.05) is 42.5 Å². The first kappa shape index (κ1) is 38.9. The molecule has 7 N–H and O–H groups in total. The number of aromatic amines is 1. The molecule has 0 spiro atoms. The monoisotopic (exact) mass is 710 g/mol. The lowest BCUT2D eigenvalue weighted by molar-refractivity contribution is -0.116. The number of aromatic hydroxyl groups is 1. The number of hydrogen-bond donors (Lipinski definition) is 7. The maximum atomic E-state index is 12.8. The Labute approximate surface area is 290 Å². The average molecular weight is 711 g/mol. The third-order valence-corrected chi connectivity index (χ3v) is 8.16. The molecule has 0 unspecified atom stereocenters. The Bertz CT molecular complexity index is 2010. The number of nitrogens with one attached hydrogen (secondary N) is 4. The number of phenolic OH excluding ortho intramolecular Hbond substituents is 1. The molecule has 1 heterocycles. The molecular formula is C36H37ClF2N4O7. The van der Waals surface area contributed by atoms with Gasteiger partial charge in [0.15, 0.2) is 0 Å². The van der Waals surface area contributed by atoms with Gasteiger partial charge < -0.3 is 35.7 Å². The van der Waals surface area contributed by atoms with Crippen LogP contribution in [0.5, 0.6) is 11.5 Å². The molecule has 264 valence electrons. The second-order valence-corrected chi connectivity index (χ2v) is 11.6. The van der Waals surface area contributed by atoms with E-state index in [0.29, 0.717) is 58.0 Å². The topological polar surface area (TPSA) is 173 Å². The maximum Gasteiger partial charge on any atom is 0.409 e. The van der Waals surface area contributed by atoms with Crippen molar-refractivity contribution in [1.82, 2.24) is 10.3 Å². The summed E-state index contributed by atoms with van der Waals surface area (Å²) in [6.45, 7) is 0.448. The Hall–Kier alpha value is -5.50. The van der Waals surface area contributed by atoms with Crippen LogP contribution < -0.4 is 26.2 Å². The van der Waals surface area contributed by atoms with Gasteiger partial charge in [0.1, 0.15) is 11.5 Å². The van der Waals surface area contributed by atoms with E-state index < -0.39 is 12.2 Å². The molecule has 0 fully saturated rings. The van der Waals surface area contributed by atoms with Crippen LogP contribution in [0, 0.1) is 0 Å². The lowest BCUT2D eigenvalue weighted by Crippen LogP contribution is -2.22. The number of carboxylic acid groups (broad SMARTS) is 1. The first-order valence-electron chi connectivity index (χ1n) is 15.2. The van der Waals surface area contributed by atoms with Crippen LogP contribution in [0.1, 0.15) is 35.6 Å². The van der Waals surface area contributed by atoms with Crippen LogP contribution in [-0.4, -0.2) is 46.0 Å². The molecule has 0 saturated carbocycles. The number of fused-ring (bicyclic) bond motifs is 1. The van der Waals surface area contributed by atoms with Gasteiger partial charge in [-0.2, -0.15) is 0 Å². The van der Waals surface area contributed by atoms with Crippen molar-refractivity contribution in [2.75, 3.05) is 24.3 Å². The van der Waals surface area contributed by atoms with Gasteiger partial charge in [0.2, 0.25) is 11.5 Å². The fraction of sp³-hybridized carbons (Fsp3) is 0.194. The summed E-state index contributed by atoms with van der Waals surface area (Å²) < 4.78 is 5.54. The van der Waals surface area contributed by atoms with E-state index in [2.05, 4.69) is 20.9 Å².